The molecular formula is C16H20N2O2. The molecule has 1 aromatic rings. The SMILES string of the molecule is COC1CC2(CN=C(N3CCc4ccccc4C3)O2)C1. The van der Waals surface area contributed by atoms with Crippen LogP contribution in [0.25, 0.3) is 0 Å². The minimum absolute atomic E-state index is 0.0625. The van der Waals surface area contributed by atoms with Gasteiger partial charge in [-0.2, -0.15) is 0 Å². The maximum Gasteiger partial charge on any atom is 0.288 e. The lowest BCUT2D eigenvalue weighted by Gasteiger charge is -2.43. The van der Waals surface area contributed by atoms with Gasteiger partial charge in [-0.05, 0) is 17.5 Å². The summed E-state index contributed by atoms with van der Waals surface area (Å²) < 4.78 is 11.5. The van der Waals surface area contributed by atoms with Gasteiger partial charge in [0.1, 0.15) is 5.60 Å². The summed E-state index contributed by atoms with van der Waals surface area (Å²) in [5.41, 5.74) is 2.79. The zero-order chi connectivity index (χ0) is 13.6. The topological polar surface area (TPSA) is 34.1 Å². The van der Waals surface area contributed by atoms with Gasteiger partial charge in [0.2, 0.25) is 0 Å². The molecule has 4 nitrogen and oxygen atoms in total. The predicted molar refractivity (Wildman–Crippen MR) is 76.7 cm³/mol. The van der Waals surface area contributed by atoms with Crippen LogP contribution in [0, 0.1) is 0 Å². The first-order chi connectivity index (χ1) is 9.78. The fourth-order valence-corrected chi connectivity index (χ4v) is 3.44. The smallest absolute Gasteiger partial charge is 0.288 e. The molecule has 0 bridgehead atoms. The maximum absolute atomic E-state index is 6.17. The molecule has 4 rings (SSSR count). The summed E-state index contributed by atoms with van der Waals surface area (Å²) in [7, 11) is 1.77. The highest BCUT2D eigenvalue weighted by Crippen LogP contribution is 2.41. The molecule has 2 aliphatic heterocycles. The van der Waals surface area contributed by atoms with Crippen LogP contribution in [0.3, 0.4) is 0 Å². The van der Waals surface area contributed by atoms with Gasteiger partial charge in [0.15, 0.2) is 0 Å². The van der Waals surface area contributed by atoms with E-state index in [1.807, 2.05) is 0 Å². The third kappa shape index (κ3) is 1.90. The van der Waals surface area contributed by atoms with Crippen molar-refractivity contribution in [3.05, 3.63) is 35.4 Å². The van der Waals surface area contributed by atoms with Gasteiger partial charge in [0.05, 0.1) is 12.6 Å². The van der Waals surface area contributed by atoms with Crippen LogP contribution >= 0.6 is 0 Å². The number of fused-ring (bicyclic) bond motifs is 1. The first-order valence-corrected chi connectivity index (χ1v) is 7.36. The highest BCUT2D eigenvalue weighted by Gasteiger charge is 2.51. The lowest BCUT2D eigenvalue weighted by Crippen LogP contribution is -2.52. The lowest BCUT2D eigenvalue weighted by molar-refractivity contribution is -0.106. The van der Waals surface area contributed by atoms with Gasteiger partial charge in [0.25, 0.3) is 6.02 Å². The zero-order valence-electron chi connectivity index (χ0n) is 11.8. The monoisotopic (exact) mass is 272 g/mol. The number of aliphatic imine (C=N–C) groups is 1. The molecule has 0 aromatic heterocycles. The summed E-state index contributed by atoms with van der Waals surface area (Å²) in [4.78, 5) is 6.92. The van der Waals surface area contributed by atoms with Crippen molar-refractivity contribution in [2.24, 2.45) is 4.99 Å². The van der Waals surface area contributed by atoms with Crippen molar-refractivity contribution in [3.63, 3.8) is 0 Å². The second kappa shape index (κ2) is 4.48. The Morgan fingerprint density at radius 3 is 2.90 bits per heavy atom. The number of amidine groups is 1. The first kappa shape index (κ1) is 12.2. The Bertz CT molecular complexity index is 549. The standard InChI is InChI=1S/C16H20N2O2/c1-19-14-8-16(9-14)11-17-15(20-16)18-7-6-12-4-2-3-5-13(12)10-18/h2-5,14H,6-11H2,1H3. The van der Waals surface area contributed by atoms with Gasteiger partial charge in [-0.15, -0.1) is 0 Å². The zero-order valence-corrected chi connectivity index (χ0v) is 11.8. The number of ether oxygens (including phenoxy) is 2. The Kier molecular flexibility index (Phi) is 2.74. The number of benzene rings is 1. The van der Waals surface area contributed by atoms with Crippen molar-refractivity contribution in [1.82, 2.24) is 4.90 Å². The van der Waals surface area contributed by atoms with Crippen LogP contribution in [0.4, 0.5) is 0 Å². The molecule has 0 saturated heterocycles. The van der Waals surface area contributed by atoms with Gasteiger partial charge >= 0.3 is 0 Å². The minimum Gasteiger partial charge on any atom is -0.456 e. The van der Waals surface area contributed by atoms with E-state index in [0.29, 0.717) is 6.10 Å². The summed E-state index contributed by atoms with van der Waals surface area (Å²) in [6.07, 6.45) is 3.38. The third-order valence-corrected chi connectivity index (χ3v) is 4.74. The Hall–Kier alpha value is -1.55. The van der Waals surface area contributed by atoms with Crippen LogP contribution in [0.5, 0.6) is 0 Å². The van der Waals surface area contributed by atoms with E-state index in [1.165, 1.54) is 11.1 Å². The van der Waals surface area contributed by atoms with Crippen LogP contribution in [-0.4, -0.2) is 42.8 Å². The molecule has 1 spiro atoms. The summed E-state index contributed by atoms with van der Waals surface area (Å²) in [5, 5.41) is 0. The molecule has 106 valence electrons. The number of hydrogen-bond acceptors (Lipinski definition) is 4. The van der Waals surface area contributed by atoms with Crippen LogP contribution in [0.15, 0.2) is 29.3 Å². The van der Waals surface area contributed by atoms with Crippen LogP contribution in [0.2, 0.25) is 0 Å². The minimum atomic E-state index is -0.0625. The van der Waals surface area contributed by atoms with Crippen molar-refractivity contribution in [1.29, 1.82) is 0 Å². The van der Waals surface area contributed by atoms with Gasteiger partial charge < -0.3 is 14.4 Å². The molecule has 20 heavy (non-hydrogen) atoms. The molecule has 0 amide bonds. The van der Waals surface area contributed by atoms with E-state index in [2.05, 4.69) is 34.2 Å². The number of hydrogen-bond donors (Lipinski definition) is 0. The van der Waals surface area contributed by atoms with Gasteiger partial charge in [-0.25, -0.2) is 4.99 Å². The van der Waals surface area contributed by atoms with Crippen molar-refractivity contribution in [2.75, 3.05) is 20.2 Å². The van der Waals surface area contributed by atoms with E-state index in [1.54, 1.807) is 7.11 Å². The first-order valence-electron chi connectivity index (χ1n) is 7.36. The van der Waals surface area contributed by atoms with Gasteiger partial charge in [0, 0.05) is 33.0 Å². The molecule has 1 fully saturated rings. The van der Waals surface area contributed by atoms with E-state index in [-0.39, 0.29) is 5.60 Å². The molecule has 1 saturated carbocycles. The summed E-state index contributed by atoms with van der Waals surface area (Å²) >= 11 is 0. The highest BCUT2D eigenvalue weighted by atomic mass is 16.5. The van der Waals surface area contributed by atoms with Crippen molar-refractivity contribution < 1.29 is 9.47 Å². The molecule has 1 aliphatic carbocycles. The summed E-state index contributed by atoms with van der Waals surface area (Å²) in [6, 6.07) is 9.49. The highest BCUT2D eigenvalue weighted by molar-refractivity contribution is 5.76. The largest absolute Gasteiger partial charge is 0.456 e. The second-order valence-corrected chi connectivity index (χ2v) is 6.09. The quantitative estimate of drug-likeness (QED) is 0.784. The molecule has 1 aromatic carbocycles. The summed E-state index contributed by atoms with van der Waals surface area (Å²) in [5.74, 6) is 0. The number of nitrogens with zero attached hydrogens (tertiary/aromatic N) is 2. The third-order valence-electron chi connectivity index (χ3n) is 4.74. The number of methoxy groups -OCH3 is 1. The Balaban J connectivity index is 1.44. The molecule has 2 heterocycles. The fraction of sp³-hybridized carbons (Fsp3) is 0.562. The molecule has 0 unspecified atom stereocenters. The van der Waals surface area contributed by atoms with Crippen LogP contribution in [-0.2, 0) is 22.4 Å². The van der Waals surface area contributed by atoms with Gasteiger partial charge in [-0.1, -0.05) is 24.3 Å². The normalized spacial score (nSPS) is 31.6. The van der Waals surface area contributed by atoms with Crippen LogP contribution < -0.4 is 0 Å². The molecule has 0 atom stereocenters. The van der Waals surface area contributed by atoms with E-state index in [9.17, 15) is 0 Å². The molecule has 3 aliphatic rings. The second-order valence-electron chi connectivity index (χ2n) is 6.09. The number of rotatable bonds is 1. The molecule has 0 radical (unpaired) electrons. The van der Waals surface area contributed by atoms with Crippen molar-refractivity contribution in [3.8, 4) is 0 Å². The van der Waals surface area contributed by atoms with E-state index < -0.39 is 0 Å². The van der Waals surface area contributed by atoms with E-state index in [0.717, 1.165) is 44.9 Å². The fourth-order valence-electron chi connectivity index (χ4n) is 3.44. The molecule has 0 N–H and O–H groups in total. The molecule has 4 heteroatoms. The Labute approximate surface area is 119 Å². The van der Waals surface area contributed by atoms with Crippen LogP contribution in [0.1, 0.15) is 24.0 Å². The predicted octanol–water partition coefficient (Wildman–Crippen LogP) is 1.98. The maximum atomic E-state index is 6.17. The van der Waals surface area contributed by atoms with E-state index in [4.69, 9.17) is 9.47 Å². The van der Waals surface area contributed by atoms with E-state index >= 15 is 0 Å². The van der Waals surface area contributed by atoms with Gasteiger partial charge in [-0.3, -0.25) is 0 Å². The Morgan fingerprint density at radius 2 is 2.10 bits per heavy atom. The van der Waals surface area contributed by atoms with Crippen molar-refractivity contribution >= 4 is 6.02 Å². The lowest BCUT2D eigenvalue weighted by atomic mass is 9.77. The Morgan fingerprint density at radius 1 is 1.30 bits per heavy atom. The van der Waals surface area contributed by atoms with Crippen molar-refractivity contribution in [2.45, 2.75) is 37.5 Å². The molecular weight excluding hydrogens is 252 g/mol. The average Bonchev–Trinajstić information content (AvgIpc) is 2.90. The summed E-state index contributed by atoms with van der Waals surface area (Å²) in [6.45, 7) is 2.71. The average molecular weight is 272 g/mol.